The van der Waals surface area contributed by atoms with Gasteiger partial charge in [0.1, 0.15) is 0 Å². The number of rotatable bonds is 7. The van der Waals surface area contributed by atoms with Crippen molar-refractivity contribution in [3.8, 4) is 11.5 Å². The van der Waals surface area contributed by atoms with Crippen molar-refractivity contribution in [3.63, 3.8) is 0 Å². The van der Waals surface area contributed by atoms with Crippen molar-refractivity contribution in [2.75, 3.05) is 19.9 Å². The van der Waals surface area contributed by atoms with Gasteiger partial charge in [-0.15, -0.1) is 0 Å². The molecule has 1 fully saturated rings. The topological polar surface area (TPSA) is 111 Å². The van der Waals surface area contributed by atoms with Crippen LogP contribution in [0, 0.1) is 0 Å². The Morgan fingerprint density at radius 2 is 1.73 bits per heavy atom. The molecule has 176 valence electrons. The third-order valence-corrected chi connectivity index (χ3v) is 7.51. The van der Waals surface area contributed by atoms with Gasteiger partial charge in [0.25, 0.3) is 5.91 Å². The summed E-state index contributed by atoms with van der Waals surface area (Å²) >= 11 is 0. The van der Waals surface area contributed by atoms with Crippen molar-refractivity contribution in [3.05, 3.63) is 53.6 Å². The Bertz CT molecular complexity index is 1130. The molecule has 2 aliphatic heterocycles. The first kappa shape index (κ1) is 23.1. The molecule has 1 unspecified atom stereocenters. The number of piperidine rings is 1. The molecular weight excluding hydrogens is 448 g/mol. The van der Waals surface area contributed by atoms with Gasteiger partial charge in [0.05, 0.1) is 10.5 Å². The van der Waals surface area contributed by atoms with Crippen molar-refractivity contribution in [2.24, 2.45) is 0 Å². The Morgan fingerprint density at radius 1 is 1.03 bits per heavy atom. The van der Waals surface area contributed by atoms with E-state index in [1.807, 2.05) is 6.07 Å². The van der Waals surface area contributed by atoms with Crippen LogP contribution >= 0.6 is 0 Å². The van der Waals surface area contributed by atoms with Crippen molar-refractivity contribution in [2.45, 2.75) is 43.7 Å². The molecule has 10 heteroatoms. The largest absolute Gasteiger partial charge is 0.454 e. The molecule has 0 aromatic heterocycles. The normalized spacial score (nSPS) is 16.8. The predicted molar refractivity (Wildman–Crippen MR) is 118 cm³/mol. The second-order valence-electron chi connectivity index (χ2n) is 7.94. The van der Waals surface area contributed by atoms with Crippen LogP contribution in [0.4, 0.5) is 0 Å². The Morgan fingerprint density at radius 3 is 2.45 bits per heavy atom. The Balaban J connectivity index is 1.31. The van der Waals surface area contributed by atoms with Crippen LogP contribution in [0.25, 0.3) is 0 Å². The van der Waals surface area contributed by atoms with Crippen molar-refractivity contribution < 1.29 is 32.2 Å². The molecule has 1 amide bonds. The van der Waals surface area contributed by atoms with E-state index in [-0.39, 0.29) is 23.8 Å². The number of fused-ring (bicyclic) bond motifs is 1. The van der Waals surface area contributed by atoms with Crippen LogP contribution in [0.5, 0.6) is 11.5 Å². The maximum atomic E-state index is 12.7. The number of esters is 1. The van der Waals surface area contributed by atoms with Gasteiger partial charge in [-0.3, -0.25) is 4.79 Å². The summed E-state index contributed by atoms with van der Waals surface area (Å²) in [5.74, 6) is 0.113. The zero-order valence-corrected chi connectivity index (χ0v) is 19.1. The molecule has 2 heterocycles. The summed E-state index contributed by atoms with van der Waals surface area (Å²) in [7, 11) is -3.58. The first-order chi connectivity index (χ1) is 15.8. The number of hydrogen-bond acceptors (Lipinski definition) is 7. The first-order valence-corrected chi connectivity index (χ1v) is 12.3. The zero-order valence-electron chi connectivity index (χ0n) is 18.3. The molecule has 0 saturated carbocycles. The fourth-order valence-electron chi connectivity index (χ4n) is 3.68. The molecule has 33 heavy (non-hydrogen) atoms. The number of ether oxygens (including phenoxy) is 3. The van der Waals surface area contributed by atoms with Crippen LogP contribution in [0.1, 0.15) is 42.1 Å². The highest BCUT2D eigenvalue weighted by molar-refractivity contribution is 7.89. The van der Waals surface area contributed by atoms with Crippen LogP contribution in [-0.2, 0) is 26.1 Å². The maximum absolute atomic E-state index is 12.7. The van der Waals surface area contributed by atoms with Gasteiger partial charge in [-0.05, 0) is 61.7 Å². The van der Waals surface area contributed by atoms with Crippen LogP contribution in [0.15, 0.2) is 47.4 Å². The van der Waals surface area contributed by atoms with E-state index in [0.717, 1.165) is 24.8 Å². The molecule has 4 rings (SSSR count). The number of benzene rings is 2. The van der Waals surface area contributed by atoms with Gasteiger partial charge >= 0.3 is 5.97 Å². The summed E-state index contributed by atoms with van der Waals surface area (Å²) in [6.45, 7) is 2.89. The lowest BCUT2D eigenvalue weighted by Crippen LogP contribution is -2.36. The van der Waals surface area contributed by atoms with E-state index in [0.29, 0.717) is 24.6 Å². The average Bonchev–Trinajstić information content (AvgIpc) is 3.31. The lowest BCUT2D eigenvalue weighted by atomic mass is 10.2. The number of nitrogens with one attached hydrogen (secondary N) is 1. The summed E-state index contributed by atoms with van der Waals surface area (Å²) in [5.41, 5.74) is 0.986. The van der Waals surface area contributed by atoms with Crippen LogP contribution in [0.3, 0.4) is 0 Å². The molecule has 1 saturated heterocycles. The second kappa shape index (κ2) is 9.80. The molecule has 2 aliphatic rings. The SMILES string of the molecule is CC(OC(=O)c1ccc(S(=O)(=O)N2CCCCC2)cc1)C(=O)NCc1ccc2c(c1)OCO2. The lowest BCUT2D eigenvalue weighted by Gasteiger charge is -2.25. The van der Waals surface area contributed by atoms with E-state index in [1.54, 1.807) is 12.1 Å². The van der Waals surface area contributed by atoms with E-state index < -0.39 is 28.0 Å². The van der Waals surface area contributed by atoms with E-state index in [1.165, 1.54) is 35.5 Å². The standard InChI is InChI=1S/C23H26N2O7S/c1-16(22(26)24-14-17-5-10-20-21(13-17)31-15-30-20)32-23(27)18-6-8-19(9-7-18)33(28,29)25-11-3-2-4-12-25/h5-10,13,16H,2-4,11-12,14-15H2,1H3,(H,24,26). The van der Waals surface area contributed by atoms with Crippen molar-refractivity contribution in [1.82, 2.24) is 9.62 Å². The van der Waals surface area contributed by atoms with Crippen LogP contribution in [0.2, 0.25) is 0 Å². The molecule has 2 aromatic rings. The highest BCUT2D eigenvalue weighted by atomic mass is 32.2. The Labute approximate surface area is 192 Å². The van der Waals surface area contributed by atoms with E-state index in [4.69, 9.17) is 14.2 Å². The molecule has 9 nitrogen and oxygen atoms in total. The van der Waals surface area contributed by atoms with Gasteiger partial charge in [-0.2, -0.15) is 4.31 Å². The van der Waals surface area contributed by atoms with Gasteiger partial charge < -0.3 is 19.5 Å². The molecule has 2 aromatic carbocycles. The highest BCUT2D eigenvalue weighted by Crippen LogP contribution is 2.32. The van der Waals surface area contributed by atoms with E-state index in [9.17, 15) is 18.0 Å². The summed E-state index contributed by atoms with van der Waals surface area (Å²) < 4.78 is 42.7. The van der Waals surface area contributed by atoms with Gasteiger partial charge in [-0.1, -0.05) is 12.5 Å². The van der Waals surface area contributed by atoms with E-state index in [2.05, 4.69) is 5.32 Å². The minimum Gasteiger partial charge on any atom is -0.454 e. The van der Waals surface area contributed by atoms with Crippen molar-refractivity contribution >= 4 is 21.9 Å². The lowest BCUT2D eigenvalue weighted by molar-refractivity contribution is -0.129. The molecule has 1 N–H and O–H groups in total. The third-order valence-electron chi connectivity index (χ3n) is 5.60. The number of nitrogens with zero attached hydrogens (tertiary/aromatic N) is 1. The van der Waals surface area contributed by atoms with Crippen LogP contribution in [-0.4, -0.2) is 50.6 Å². The molecule has 0 bridgehead atoms. The van der Waals surface area contributed by atoms with Crippen LogP contribution < -0.4 is 14.8 Å². The Kier molecular flexibility index (Phi) is 6.85. The summed E-state index contributed by atoms with van der Waals surface area (Å²) in [6, 6.07) is 10.9. The van der Waals surface area contributed by atoms with Gasteiger partial charge in [0.2, 0.25) is 16.8 Å². The van der Waals surface area contributed by atoms with Gasteiger partial charge in [-0.25, -0.2) is 13.2 Å². The fraction of sp³-hybridized carbons (Fsp3) is 0.391. The fourth-order valence-corrected chi connectivity index (χ4v) is 5.20. The van der Waals surface area contributed by atoms with Crippen molar-refractivity contribution in [1.29, 1.82) is 0 Å². The summed E-state index contributed by atoms with van der Waals surface area (Å²) in [5, 5.41) is 2.71. The molecule has 0 spiro atoms. The summed E-state index contributed by atoms with van der Waals surface area (Å²) in [6.07, 6.45) is 1.69. The monoisotopic (exact) mass is 474 g/mol. The number of amides is 1. The maximum Gasteiger partial charge on any atom is 0.338 e. The Hall–Kier alpha value is -3.11. The van der Waals surface area contributed by atoms with Gasteiger partial charge in [0, 0.05) is 19.6 Å². The number of hydrogen-bond donors (Lipinski definition) is 1. The average molecular weight is 475 g/mol. The third kappa shape index (κ3) is 5.28. The molecule has 0 radical (unpaired) electrons. The predicted octanol–water partition coefficient (Wildman–Crippen LogP) is 2.45. The number of carbonyl (C=O) groups is 2. The number of sulfonamides is 1. The first-order valence-electron chi connectivity index (χ1n) is 10.8. The summed E-state index contributed by atoms with van der Waals surface area (Å²) in [4.78, 5) is 24.9. The molecular formula is C23H26N2O7S. The smallest absolute Gasteiger partial charge is 0.338 e. The minimum atomic E-state index is -3.58. The highest BCUT2D eigenvalue weighted by Gasteiger charge is 2.26. The minimum absolute atomic E-state index is 0.135. The van der Waals surface area contributed by atoms with E-state index >= 15 is 0 Å². The van der Waals surface area contributed by atoms with Gasteiger partial charge in [0.15, 0.2) is 17.6 Å². The zero-order chi connectivity index (χ0) is 23.4. The quantitative estimate of drug-likeness (QED) is 0.614. The second-order valence-corrected chi connectivity index (χ2v) is 9.88. The molecule has 0 aliphatic carbocycles. The molecule has 1 atom stereocenters. The number of carbonyl (C=O) groups excluding carboxylic acids is 2.